The fourth-order valence-electron chi connectivity index (χ4n) is 1.49. The summed E-state index contributed by atoms with van der Waals surface area (Å²) in [7, 11) is 0. The highest BCUT2D eigenvalue weighted by Gasteiger charge is 2.14. The van der Waals surface area contributed by atoms with E-state index in [1.807, 2.05) is 6.07 Å². The molecule has 0 aliphatic rings. The Kier molecular flexibility index (Phi) is 3.95. The highest BCUT2D eigenvalue weighted by Crippen LogP contribution is 2.21. The van der Waals surface area contributed by atoms with Crippen LogP contribution in [0.15, 0.2) is 35.2 Å². The summed E-state index contributed by atoms with van der Waals surface area (Å²) < 4.78 is 5.30. The van der Waals surface area contributed by atoms with Crippen molar-refractivity contribution < 1.29 is 9.52 Å². The van der Waals surface area contributed by atoms with Gasteiger partial charge < -0.3 is 14.8 Å². The van der Waals surface area contributed by atoms with Crippen LogP contribution in [0.25, 0.3) is 0 Å². The van der Waals surface area contributed by atoms with Gasteiger partial charge in [-0.2, -0.15) is 0 Å². The lowest BCUT2D eigenvalue weighted by molar-refractivity contribution is 0.273. The molecule has 0 amide bonds. The second-order valence-corrected chi connectivity index (χ2v) is 3.84. The normalized spacial score (nSPS) is 12.4. The molecule has 2 heterocycles. The molecule has 0 spiro atoms. The van der Waals surface area contributed by atoms with E-state index in [9.17, 15) is 0 Å². The van der Waals surface area contributed by atoms with Crippen LogP contribution in [0.5, 0.6) is 0 Å². The van der Waals surface area contributed by atoms with Gasteiger partial charge in [-0.3, -0.25) is 4.98 Å². The second kappa shape index (κ2) is 5.65. The molecular weight excluding hydrogens is 242 g/mol. The van der Waals surface area contributed by atoms with E-state index in [1.165, 1.54) is 6.20 Å². The number of anilines is 1. The van der Waals surface area contributed by atoms with E-state index >= 15 is 0 Å². The lowest BCUT2D eigenvalue weighted by atomic mass is 10.1. The molecule has 0 saturated heterocycles. The summed E-state index contributed by atoms with van der Waals surface area (Å²) in [5.74, 6) is 1.29. The van der Waals surface area contributed by atoms with Gasteiger partial charge in [0.25, 0.3) is 0 Å². The van der Waals surface area contributed by atoms with E-state index in [0.29, 0.717) is 17.4 Å². The highest BCUT2D eigenvalue weighted by molar-refractivity contribution is 6.29. The third-order valence-corrected chi connectivity index (χ3v) is 2.41. The SMILES string of the molecule is OCCC(Nc1cncc(Cl)n1)c1ccco1. The van der Waals surface area contributed by atoms with Gasteiger partial charge in [-0.1, -0.05) is 11.6 Å². The van der Waals surface area contributed by atoms with E-state index in [1.54, 1.807) is 18.5 Å². The van der Waals surface area contributed by atoms with Gasteiger partial charge >= 0.3 is 0 Å². The summed E-state index contributed by atoms with van der Waals surface area (Å²) in [6.07, 6.45) is 5.13. The van der Waals surface area contributed by atoms with E-state index in [4.69, 9.17) is 21.1 Å². The molecule has 0 bridgehead atoms. The molecule has 2 rings (SSSR count). The molecule has 0 fully saturated rings. The molecule has 0 aromatic carbocycles. The molecule has 2 N–H and O–H groups in total. The van der Waals surface area contributed by atoms with E-state index in [-0.39, 0.29) is 12.6 Å². The number of halogens is 1. The highest BCUT2D eigenvalue weighted by atomic mass is 35.5. The Balaban J connectivity index is 2.13. The molecule has 5 nitrogen and oxygen atoms in total. The van der Waals surface area contributed by atoms with Gasteiger partial charge in [0.15, 0.2) is 0 Å². The molecule has 6 heteroatoms. The number of aromatic nitrogens is 2. The van der Waals surface area contributed by atoms with E-state index in [0.717, 1.165) is 5.76 Å². The van der Waals surface area contributed by atoms with Gasteiger partial charge in [-0.05, 0) is 18.6 Å². The topological polar surface area (TPSA) is 71.2 Å². The molecule has 2 aromatic heterocycles. The number of nitrogens with zero attached hydrogens (tertiary/aromatic N) is 2. The maximum atomic E-state index is 9.02. The van der Waals surface area contributed by atoms with E-state index < -0.39 is 0 Å². The van der Waals surface area contributed by atoms with Crippen molar-refractivity contribution in [2.45, 2.75) is 12.5 Å². The number of furan rings is 1. The minimum absolute atomic E-state index is 0.0480. The van der Waals surface area contributed by atoms with Crippen LogP contribution in [-0.4, -0.2) is 21.7 Å². The first-order chi connectivity index (χ1) is 8.29. The Morgan fingerprint density at radius 3 is 3.00 bits per heavy atom. The molecule has 0 aliphatic carbocycles. The number of rotatable bonds is 5. The van der Waals surface area contributed by atoms with Crippen molar-refractivity contribution >= 4 is 17.4 Å². The zero-order chi connectivity index (χ0) is 12.1. The van der Waals surface area contributed by atoms with Crippen molar-refractivity contribution in [3.63, 3.8) is 0 Å². The summed E-state index contributed by atoms with van der Waals surface area (Å²) in [5.41, 5.74) is 0. The number of hydrogen-bond donors (Lipinski definition) is 2. The Bertz CT molecular complexity index is 461. The predicted octanol–water partition coefficient (Wildman–Crippen LogP) is 2.26. The van der Waals surface area contributed by atoms with Gasteiger partial charge in [0, 0.05) is 6.61 Å². The molecule has 0 aliphatic heterocycles. The van der Waals surface area contributed by atoms with E-state index in [2.05, 4.69) is 15.3 Å². The van der Waals surface area contributed by atoms with Crippen LogP contribution in [0, 0.1) is 0 Å². The Morgan fingerprint density at radius 1 is 1.47 bits per heavy atom. The van der Waals surface area contributed by atoms with Crippen LogP contribution in [-0.2, 0) is 0 Å². The lowest BCUT2D eigenvalue weighted by Crippen LogP contribution is -2.12. The first-order valence-corrected chi connectivity index (χ1v) is 5.55. The number of aliphatic hydroxyl groups excluding tert-OH is 1. The minimum Gasteiger partial charge on any atom is -0.467 e. The number of hydrogen-bond acceptors (Lipinski definition) is 5. The first-order valence-electron chi connectivity index (χ1n) is 5.18. The van der Waals surface area contributed by atoms with Crippen molar-refractivity contribution in [3.05, 3.63) is 41.7 Å². The van der Waals surface area contributed by atoms with Crippen LogP contribution >= 0.6 is 11.6 Å². The van der Waals surface area contributed by atoms with Crippen LogP contribution < -0.4 is 5.32 Å². The predicted molar refractivity (Wildman–Crippen MR) is 63.8 cm³/mol. The van der Waals surface area contributed by atoms with Gasteiger partial charge in [0.1, 0.15) is 16.7 Å². The quantitative estimate of drug-likeness (QED) is 0.855. The zero-order valence-electron chi connectivity index (χ0n) is 9.01. The zero-order valence-corrected chi connectivity index (χ0v) is 9.76. The van der Waals surface area contributed by atoms with Gasteiger partial charge in [-0.15, -0.1) is 0 Å². The monoisotopic (exact) mass is 253 g/mol. The Hall–Kier alpha value is -1.59. The first kappa shape index (κ1) is 11.9. The van der Waals surface area contributed by atoms with Crippen molar-refractivity contribution in [1.82, 2.24) is 9.97 Å². The average molecular weight is 254 g/mol. The molecule has 1 atom stereocenters. The van der Waals surface area contributed by atoms with Crippen molar-refractivity contribution in [1.29, 1.82) is 0 Å². The summed E-state index contributed by atoms with van der Waals surface area (Å²) >= 11 is 5.74. The molecular formula is C11H12ClN3O2. The summed E-state index contributed by atoms with van der Waals surface area (Å²) in [5, 5.41) is 12.5. The van der Waals surface area contributed by atoms with Gasteiger partial charge in [-0.25, -0.2) is 4.98 Å². The summed E-state index contributed by atoms with van der Waals surface area (Å²) in [6, 6.07) is 3.49. The number of nitrogens with one attached hydrogen (secondary N) is 1. The van der Waals surface area contributed by atoms with Crippen LogP contribution in [0.1, 0.15) is 18.2 Å². The smallest absolute Gasteiger partial charge is 0.149 e. The maximum Gasteiger partial charge on any atom is 0.149 e. The number of aliphatic hydroxyl groups is 1. The van der Waals surface area contributed by atoms with Crippen LogP contribution in [0.2, 0.25) is 5.15 Å². The fraction of sp³-hybridized carbons (Fsp3) is 0.273. The fourth-order valence-corrected chi connectivity index (χ4v) is 1.64. The summed E-state index contributed by atoms with van der Waals surface area (Å²) in [4.78, 5) is 8.00. The largest absolute Gasteiger partial charge is 0.467 e. The average Bonchev–Trinajstić information content (AvgIpc) is 2.82. The van der Waals surface area contributed by atoms with Crippen LogP contribution in [0.4, 0.5) is 5.82 Å². The molecule has 2 aromatic rings. The summed E-state index contributed by atoms with van der Waals surface area (Å²) in [6.45, 7) is 0.0480. The maximum absolute atomic E-state index is 9.02. The molecule has 0 radical (unpaired) electrons. The third kappa shape index (κ3) is 3.18. The van der Waals surface area contributed by atoms with Crippen molar-refractivity contribution in [2.75, 3.05) is 11.9 Å². The standard InChI is InChI=1S/C11H12ClN3O2/c12-10-6-13-7-11(15-10)14-8(3-4-16)9-2-1-5-17-9/h1-2,5-8,16H,3-4H2,(H,14,15). The lowest BCUT2D eigenvalue weighted by Gasteiger charge is -2.15. The Morgan fingerprint density at radius 2 is 2.35 bits per heavy atom. The molecule has 1 unspecified atom stereocenters. The molecule has 17 heavy (non-hydrogen) atoms. The van der Waals surface area contributed by atoms with Crippen molar-refractivity contribution in [2.24, 2.45) is 0 Å². The molecule has 0 saturated carbocycles. The molecule has 90 valence electrons. The van der Waals surface area contributed by atoms with Gasteiger partial charge in [0.05, 0.1) is 24.7 Å². The Labute approximate surface area is 103 Å². The van der Waals surface area contributed by atoms with Gasteiger partial charge in [0.2, 0.25) is 0 Å². The second-order valence-electron chi connectivity index (χ2n) is 3.45. The van der Waals surface area contributed by atoms with Crippen LogP contribution in [0.3, 0.4) is 0 Å². The minimum atomic E-state index is -0.150. The van der Waals surface area contributed by atoms with Crippen molar-refractivity contribution in [3.8, 4) is 0 Å². The third-order valence-electron chi connectivity index (χ3n) is 2.23.